The number of hydrogen-bond acceptors (Lipinski definition) is 2. The van der Waals surface area contributed by atoms with Crippen LogP contribution in [-0.4, -0.2) is 19.0 Å². The molecule has 0 aromatic rings. The van der Waals surface area contributed by atoms with Crippen LogP contribution in [0.25, 0.3) is 0 Å². The van der Waals surface area contributed by atoms with Crippen molar-refractivity contribution >= 4 is 6.29 Å². The molecular formula is C9H12F3NO. The normalized spacial score (nSPS) is 15.5. The van der Waals surface area contributed by atoms with Gasteiger partial charge in [-0.05, 0) is 6.08 Å². The van der Waals surface area contributed by atoms with Crippen molar-refractivity contribution < 1.29 is 18.0 Å². The Bertz CT molecular complexity index is 253. The first-order chi connectivity index (χ1) is 6.54. The van der Waals surface area contributed by atoms with E-state index in [9.17, 15) is 18.0 Å². The lowest BCUT2D eigenvalue weighted by Gasteiger charge is -2.16. The number of nitrogens with one attached hydrogen (secondary N) is 1. The van der Waals surface area contributed by atoms with Crippen LogP contribution in [0.4, 0.5) is 13.2 Å². The number of halogens is 3. The van der Waals surface area contributed by atoms with E-state index < -0.39 is 11.9 Å². The topological polar surface area (TPSA) is 29.1 Å². The molecule has 1 aliphatic heterocycles. The second kappa shape index (κ2) is 5.47. The van der Waals surface area contributed by atoms with E-state index >= 15 is 0 Å². The fraction of sp³-hybridized carbons (Fsp3) is 0.444. The van der Waals surface area contributed by atoms with Crippen LogP contribution < -0.4 is 5.32 Å². The second-order valence-corrected chi connectivity index (χ2v) is 2.26. The van der Waals surface area contributed by atoms with Gasteiger partial charge in [0.1, 0.15) is 12.0 Å². The summed E-state index contributed by atoms with van der Waals surface area (Å²) in [6, 6.07) is 0. The fourth-order valence-electron chi connectivity index (χ4n) is 0.820. The highest BCUT2D eigenvalue weighted by Gasteiger charge is 2.34. The Hall–Kier alpha value is -1.26. The molecule has 2 nitrogen and oxygen atoms in total. The van der Waals surface area contributed by atoms with Crippen molar-refractivity contribution in [2.24, 2.45) is 0 Å². The highest BCUT2D eigenvalue weighted by molar-refractivity contribution is 5.78. The van der Waals surface area contributed by atoms with E-state index in [1.54, 1.807) is 0 Å². The first kappa shape index (κ1) is 12.7. The van der Waals surface area contributed by atoms with Crippen molar-refractivity contribution in [3.05, 3.63) is 23.4 Å². The molecular weight excluding hydrogens is 195 g/mol. The molecule has 0 aromatic heterocycles. The molecule has 0 bridgehead atoms. The molecule has 0 aromatic carbocycles. The summed E-state index contributed by atoms with van der Waals surface area (Å²) in [6.07, 6.45) is -1.83. The lowest BCUT2D eigenvalue weighted by atomic mass is 10.1. The second-order valence-electron chi connectivity index (χ2n) is 2.26. The highest BCUT2D eigenvalue weighted by Crippen LogP contribution is 2.25. The van der Waals surface area contributed by atoms with Gasteiger partial charge in [-0.25, -0.2) is 0 Å². The van der Waals surface area contributed by atoms with Gasteiger partial charge in [-0.15, -0.1) is 0 Å². The van der Waals surface area contributed by atoms with E-state index in [2.05, 4.69) is 5.32 Å². The van der Waals surface area contributed by atoms with Crippen LogP contribution >= 0.6 is 0 Å². The largest absolute Gasteiger partial charge is 0.430 e. The number of carbonyl (C=O) groups is 1. The summed E-state index contributed by atoms with van der Waals surface area (Å²) in [4.78, 5) is 10.1. The number of aldehydes is 1. The third-order valence-corrected chi connectivity index (χ3v) is 1.38. The first-order valence-corrected chi connectivity index (χ1v) is 4.22. The standard InChI is InChI=1S/C7H6F3NO.C2H6/c8-7(9,10)6-3-5(4-12)1-2-11-6;1-2/h1,3-4,11H,2H2;1-2H3. The lowest BCUT2D eigenvalue weighted by Crippen LogP contribution is -2.28. The number of carbonyl (C=O) groups excluding carboxylic acids is 1. The molecule has 1 rings (SSSR count). The van der Waals surface area contributed by atoms with Crippen molar-refractivity contribution in [2.75, 3.05) is 6.54 Å². The van der Waals surface area contributed by atoms with E-state index in [0.717, 1.165) is 6.08 Å². The maximum atomic E-state index is 12.0. The SMILES string of the molecule is CC.O=CC1=CCNC(C(F)(F)F)=C1. The quantitative estimate of drug-likeness (QED) is 0.668. The molecule has 80 valence electrons. The van der Waals surface area contributed by atoms with E-state index in [-0.39, 0.29) is 12.1 Å². The minimum absolute atomic E-state index is 0.0411. The Labute approximate surface area is 80.5 Å². The van der Waals surface area contributed by atoms with Crippen molar-refractivity contribution in [1.82, 2.24) is 5.32 Å². The molecule has 1 aliphatic rings. The zero-order valence-electron chi connectivity index (χ0n) is 7.98. The minimum Gasteiger partial charge on any atom is -0.378 e. The van der Waals surface area contributed by atoms with Crippen LogP contribution in [-0.2, 0) is 4.79 Å². The molecule has 0 fully saturated rings. The molecule has 0 spiro atoms. The van der Waals surface area contributed by atoms with Crippen molar-refractivity contribution in [3.63, 3.8) is 0 Å². The van der Waals surface area contributed by atoms with Crippen LogP contribution in [0.1, 0.15) is 13.8 Å². The smallest absolute Gasteiger partial charge is 0.378 e. The summed E-state index contributed by atoms with van der Waals surface area (Å²) >= 11 is 0. The van der Waals surface area contributed by atoms with Gasteiger partial charge in [-0.2, -0.15) is 13.2 Å². The Kier molecular flexibility index (Phi) is 4.97. The van der Waals surface area contributed by atoms with Gasteiger partial charge in [0.05, 0.1) is 0 Å². The maximum absolute atomic E-state index is 12.0. The first-order valence-electron chi connectivity index (χ1n) is 4.22. The Morgan fingerprint density at radius 1 is 1.43 bits per heavy atom. The van der Waals surface area contributed by atoms with E-state index in [0.29, 0.717) is 6.29 Å². The van der Waals surface area contributed by atoms with Gasteiger partial charge in [-0.3, -0.25) is 4.79 Å². The average molecular weight is 207 g/mol. The molecule has 0 aliphatic carbocycles. The van der Waals surface area contributed by atoms with Crippen molar-refractivity contribution in [3.8, 4) is 0 Å². The molecule has 1 heterocycles. The van der Waals surface area contributed by atoms with E-state index in [4.69, 9.17) is 0 Å². The summed E-state index contributed by atoms with van der Waals surface area (Å²) < 4.78 is 35.9. The molecule has 0 saturated heterocycles. The predicted molar refractivity (Wildman–Crippen MR) is 47.6 cm³/mol. The summed E-state index contributed by atoms with van der Waals surface area (Å²) in [7, 11) is 0. The lowest BCUT2D eigenvalue weighted by molar-refractivity contribution is -0.104. The van der Waals surface area contributed by atoms with Gasteiger partial charge in [0.25, 0.3) is 0 Å². The van der Waals surface area contributed by atoms with Crippen LogP contribution in [0.3, 0.4) is 0 Å². The highest BCUT2D eigenvalue weighted by atomic mass is 19.4. The number of hydrogen-bond donors (Lipinski definition) is 1. The summed E-state index contributed by atoms with van der Waals surface area (Å²) in [5, 5.41) is 2.12. The van der Waals surface area contributed by atoms with Gasteiger partial charge in [0.15, 0.2) is 0 Å². The van der Waals surface area contributed by atoms with Crippen LogP contribution in [0.15, 0.2) is 23.4 Å². The zero-order valence-corrected chi connectivity index (χ0v) is 7.98. The molecule has 1 N–H and O–H groups in total. The Balaban J connectivity index is 0.000000791. The zero-order chi connectivity index (χ0) is 11.2. The van der Waals surface area contributed by atoms with E-state index in [1.165, 1.54) is 6.08 Å². The van der Waals surface area contributed by atoms with Crippen molar-refractivity contribution in [2.45, 2.75) is 20.0 Å². The summed E-state index contributed by atoms with van der Waals surface area (Å²) in [5.74, 6) is 0. The minimum atomic E-state index is -4.40. The van der Waals surface area contributed by atoms with Crippen LogP contribution in [0.5, 0.6) is 0 Å². The molecule has 0 saturated carbocycles. The molecule has 5 heteroatoms. The summed E-state index contributed by atoms with van der Waals surface area (Å²) in [5.41, 5.74) is -0.812. The molecule has 0 radical (unpaired) electrons. The third kappa shape index (κ3) is 3.64. The monoisotopic (exact) mass is 207 g/mol. The number of allylic oxidation sites excluding steroid dienone is 3. The molecule has 14 heavy (non-hydrogen) atoms. The van der Waals surface area contributed by atoms with Crippen LogP contribution in [0, 0.1) is 0 Å². The Morgan fingerprint density at radius 3 is 2.43 bits per heavy atom. The number of alkyl halides is 3. The van der Waals surface area contributed by atoms with Crippen molar-refractivity contribution in [1.29, 1.82) is 0 Å². The van der Waals surface area contributed by atoms with Gasteiger partial charge < -0.3 is 5.32 Å². The Morgan fingerprint density at radius 2 is 2.00 bits per heavy atom. The number of dihydropyridines is 1. The van der Waals surface area contributed by atoms with Gasteiger partial charge in [0.2, 0.25) is 0 Å². The molecule has 0 atom stereocenters. The average Bonchev–Trinajstić information content (AvgIpc) is 2.20. The molecule has 0 unspecified atom stereocenters. The summed E-state index contributed by atoms with van der Waals surface area (Å²) in [6.45, 7) is 4.04. The van der Waals surface area contributed by atoms with Gasteiger partial charge in [-0.1, -0.05) is 19.9 Å². The van der Waals surface area contributed by atoms with Crippen LogP contribution in [0.2, 0.25) is 0 Å². The van der Waals surface area contributed by atoms with Gasteiger partial charge in [0, 0.05) is 12.1 Å². The number of rotatable bonds is 1. The third-order valence-electron chi connectivity index (χ3n) is 1.38. The molecule has 0 amide bonds. The predicted octanol–water partition coefficient (Wildman–Crippen LogP) is 2.19. The van der Waals surface area contributed by atoms with E-state index in [1.807, 2.05) is 13.8 Å². The van der Waals surface area contributed by atoms with Gasteiger partial charge >= 0.3 is 6.18 Å². The fourth-order valence-corrected chi connectivity index (χ4v) is 0.820. The maximum Gasteiger partial charge on any atom is 0.430 e.